The Morgan fingerprint density at radius 3 is 2.42 bits per heavy atom. The van der Waals surface area contributed by atoms with E-state index in [-0.39, 0.29) is 36.3 Å². The Labute approximate surface area is 211 Å². The van der Waals surface area contributed by atoms with Crippen molar-refractivity contribution in [2.45, 2.75) is 38.2 Å². The van der Waals surface area contributed by atoms with Crippen molar-refractivity contribution in [3.8, 4) is 5.75 Å². The van der Waals surface area contributed by atoms with Crippen LogP contribution in [0.4, 0.5) is 16.2 Å². The summed E-state index contributed by atoms with van der Waals surface area (Å²) in [6, 6.07) is 16.1. The quantitative estimate of drug-likeness (QED) is 0.493. The molecular formula is C27H34N4O5. The van der Waals surface area contributed by atoms with Crippen LogP contribution in [0.5, 0.6) is 5.75 Å². The van der Waals surface area contributed by atoms with Gasteiger partial charge in [0.25, 0.3) is 0 Å². The van der Waals surface area contributed by atoms with Crippen LogP contribution in [0.1, 0.15) is 32.1 Å². The Morgan fingerprint density at radius 1 is 0.944 bits per heavy atom. The average Bonchev–Trinajstić information content (AvgIpc) is 3.43. The Balaban J connectivity index is 1.18. The van der Waals surface area contributed by atoms with Crippen LogP contribution in [0.3, 0.4) is 0 Å². The highest BCUT2D eigenvalue weighted by Crippen LogP contribution is 2.21. The highest BCUT2D eigenvalue weighted by molar-refractivity contribution is 5.94. The molecule has 2 aromatic carbocycles. The zero-order valence-corrected chi connectivity index (χ0v) is 20.4. The minimum Gasteiger partial charge on any atom is -0.493 e. The lowest BCUT2D eigenvalue weighted by Crippen LogP contribution is -2.44. The topological polar surface area (TPSA) is 109 Å². The van der Waals surface area contributed by atoms with Crippen molar-refractivity contribution in [2.24, 2.45) is 5.92 Å². The number of carbonyl (C=O) groups is 3. The average molecular weight is 495 g/mol. The molecule has 192 valence electrons. The van der Waals surface area contributed by atoms with Crippen molar-refractivity contribution in [3.05, 3.63) is 54.6 Å². The van der Waals surface area contributed by atoms with Gasteiger partial charge in [0.2, 0.25) is 11.8 Å². The molecule has 2 heterocycles. The second kappa shape index (κ2) is 12.9. The molecular weight excluding hydrogens is 460 g/mol. The number of hydrogen-bond acceptors (Lipinski definition) is 5. The molecule has 0 aliphatic carbocycles. The first kappa shape index (κ1) is 25.5. The first-order valence-electron chi connectivity index (χ1n) is 12.6. The maximum Gasteiger partial charge on any atom is 0.319 e. The first-order valence-corrected chi connectivity index (χ1v) is 12.6. The number of rotatable bonds is 9. The third kappa shape index (κ3) is 7.71. The van der Waals surface area contributed by atoms with Gasteiger partial charge in [-0.25, -0.2) is 4.79 Å². The normalized spacial score (nSPS) is 19.4. The number of anilines is 2. The SMILES string of the molecule is O=C(NCC1CCCO1)Nc1ccc(NC(=O)C2CCCN(C(=O)CCOc3ccccc3)C2)cc1. The molecule has 2 fully saturated rings. The number of amides is 4. The van der Waals surface area contributed by atoms with E-state index >= 15 is 0 Å². The number of hydrogen-bond donors (Lipinski definition) is 3. The summed E-state index contributed by atoms with van der Waals surface area (Å²) in [5.41, 5.74) is 1.27. The minimum absolute atomic E-state index is 0.00312. The molecule has 0 saturated carbocycles. The van der Waals surface area contributed by atoms with Crippen LogP contribution >= 0.6 is 0 Å². The summed E-state index contributed by atoms with van der Waals surface area (Å²) in [4.78, 5) is 39.3. The van der Waals surface area contributed by atoms with Crippen molar-refractivity contribution in [1.82, 2.24) is 10.2 Å². The molecule has 9 heteroatoms. The Kier molecular flexibility index (Phi) is 9.15. The van der Waals surface area contributed by atoms with E-state index in [1.54, 1.807) is 29.2 Å². The number of benzene rings is 2. The van der Waals surface area contributed by atoms with Crippen LogP contribution in [0.25, 0.3) is 0 Å². The van der Waals surface area contributed by atoms with Crippen LogP contribution < -0.4 is 20.7 Å². The summed E-state index contributed by atoms with van der Waals surface area (Å²) in [6.07, 6.45) is 3.87. The van der Waals surface area contributed by atoms with Gasteiger partial charge >= 0.3 is 6.03 Å². The van der Waals surface area contributed by atoms with Gasteiger partial charge in [-0.2, -0.15) is 0 Å². The van der Waals surface area contributed by atoms with Gasteiger partial charge in [0.05, 0.1) is 25.0 Å². The minimum atomic E-state index is -0.289. The van der Waals surface area contributed by atoms with Gasteiger partial charge in [0.1, 0.15) is 5.75 Å². The number of nitrogens with one attached hydrogen (secondary N) is 3. The van der Waals surface area contributed by atoms with Crippen molar-refractivity contribution in [1.29, 1.82) is 0 Å². The number of carbonyl (C=O) groups excluding carboxylic acids is 3. The van der Waals surface area contributed by atoms with Crippen LogP contribution in [-0.2, 0) is 14.3 Å². The fourth-order valence-corrected chi connectivity index (χ4v) is 4.42. The molecule has 0 bridgehead atoms. The molecule has 0 aromatic heterocycles. The monoisotopic (exact) mass is 494 g/mol. The highest BCUT2D eigenvalue weighted by atomic mass is 16.5. The molecule has 3 N–H and O–H groups in total. The largest absolute Gasteiger partial charge is 0.493 e. The van der Waals surface area contributed by atoms with E-state index in [0.717, 1.165) is 38.0 Å². The smallest absolute Gasteiger partial charge is 0.319 e. The molecule has 4 rings (SSSR count). The molecule has 0 spiro atoms. The van der Waals surface area contributed by atoms with Crippen molar-refractivity contribution in [3.63, 3.8) is 0 Å². The summed E-state index contributed by atoms with van der Waals surface area (Å²) >= 11 is 0. The highest BCUT2D eigenvalue weighted by Gasteiger charge is 2.28. The van der Waals surface area contributed by atoms with E-state index in [1.807, 2.05) is 30.3 Å². The van der Waals surface area contributed by atoms with E-state index in [1.165, 1.54) is 0 Å². The standard InChI is InChI=1S/C27H34N4O5/c32-25(14-17-36-23-7-2-1-3-8-23)31-15-4-6-20(19-31)26(33)29-21-10-12-22(13-11-21)30-27(34)28-18-24-9-5-16-35-24/h1-3,7-8,10-13,20,24H,4-6,9,14-19H2,(H,29,33)(H2,28,30,34). The molecule has 2 aliphatic rings. The van der Waals surface area contributed by atoms with Crippen LogP contribution in [0.2, 0.25) is 0 Å². The molecule has 2 atom stereocenters. The van der Waals surface area contributed by atoms with Crippen LogP contribution in [0, 0.1) is 5.92 Å². The summed E-state index contributed by atoms with van der Waals surface area (Å²) in [5, 5.41) is 8.53. The molecule has 2 unspecified atom stereocenters. The first-order chi connectivity index (χ1) is 17.6. The summed E-state index contributed by atoms with van der Waals surface area (Å²) in [7, 11) is 0. The van der Waals surface area contributed by atoms with Gasteiger partial charge in [0, 0.05) is 37.6 Å². The van der Waals surface area contributed by atoms with E-state index < -0.39 is 0 Å². The van der Waals surface area contributed by atoms with E-state index in [2.05, 4.69) is 16.0 Å². The summed E-state index contributed by atoms with van der Waals surface area (Å²) in [5.74, 6) is 0.362. The maximum atomic E-state index is 12.8. The lowest BCUT2D eigenvalue weighted by atomic mass is 9.96. The lowest BCUT2D eigenvalue weighted by molar-refractivity contribution is -0.135. The number of piperidine rings is 1. The second-order valence-corrected chi connectivity index (χ2v) is 9.13. The fourth-order valence-electron chi connectivity index (χ4n) is 4.42. The molecule has 0 radical (unpaired) electrons. The summed E-state index contributed by atoms with van der Waals surface area (Å²) in [6.45, 7) is 2.60. The number of ether oxygens (including phenoxy) is 2. The predicted octanol–water partition coefficient (Wildman–Crippen LogP) is 3.63. The second-order valence-electron chi connectivity index (χ2n) is 9.13. The Hall–Kier alpha value is -3.59. The zero-order chi connectivity index (χ0) is 25.2. The molecule has 36 heavy (non-hydrogen) atoms. The molecule has 2 saturated heterocycles. The lowest BCUT2D eigenvalue weighted by Gasteiger charge is -2.32. The van der Waals surface area contributed by atoms with Gasteiger partial charge in [-0.15, -0.1) is 0 Å². The summed E-state index contributed by atoms with van der Waals surface area (Å²) < 4.78 is 11.1. The van der Waals surface area contributed by atoms with E-state index in [9.17, 15) is 14.4 Å². The number of nitrogens with zero attached hydrogens (tertiary/aromatic N) is 1. The van der Waals surface area contributed by atoms with Crippen molar-refractivity contribution >= 4 is 29.2 Å². The van der Waals surface area contributed by atoms with Crippen LogP contribution in [-0.4, -0.2) is 61.7 Å². The van der Waals surface area contributed by atoms with E-state index in [4.69, 9.17) is 9.47 Å². The maximum absolute atomic E-state index is 12.8. The van der Waals surface area contributed by atoms with Crippen molar-refractivity contribution in [2.75, 3.05) is 43.5 Å². The Bertz CT molecular complexity index is 1010. The van der Waals surface area contributed by atoms with Gasteiger partial charge in [-0.3, -0.25) is 9.59 Å². The number of para-hydroxylation sites is 1. The third-order valence-corrected chi connectivity index (χ3v) is 6.40. The zero-order valence-electron chi connectivity index (χ0n) is 20.4. The van der Waals surface area contributed by atoms with Gasteiger partial charge in [-0.1, -0.05) is 18.2 Å². The molecule has 9 nitrogen and oxygen atoms in total. The van der Waals surface area contributed by atoms with E-state index in [0.29, 0.717) is 37.6 Å². The van der Waals surface area contributed by atoms with Gasteiger partial charge in [-0.05, 0) is 62.1 Å². The van der Waals surface area contributed by atoms with Gasteiger partial charge in [0.15, 0.2) is 0 Å². The molecule has 2 aromatic rings. The number of likely N-dealkylation sites (tertiary alicyclic amines) is 1. The Morgan fingerprint density at radius 2 is 1.69 bits per heavy atom. The third-order valence-electron chi connectivity index (χ3n) is 6.40. The van der Waals surface area contributed by atoms with Gasteiger partial charge < -0.3 is 30.3 Å². The van der Waals surface area contributed by atoms with Crippen molar-refractivity contribution < 1.29 is 23.9 Å². The number of urea groups is 1. The fraction of sp³-hybridized carbons (Fsp3) is 0.444. The molecule has 2 aliphatic heterocycles. The van der Waals surface area contributed by atoms with Crippen LogP contribution in [0.15, 0.2) is 54.6 Å². The predicted molar refractivity (Wildman–Crippen MR) is 137 cm³/mol. The molecule has 4 amide bonds.